The highest BCUT2D eigenvalue weighted by atomic mass is 35.5. The van der Waals surface area contributed by atoms with Gasteiger partial charge < -0.3 is 14.8 Å². The number of hydrogen-bond donors (Lipinski definition) is 1. The van der Waals surface area contributed by atoms with E-state index in [0.717, 1.165) is 0 Å². The third kappa shape index (κ3) is 4.10. The van der Waals surface area contributed by atoms with E-state index < -0.39 is 11.7 Å². The van der Waals surface area contributed by atoms with Gasteiger partial charge in [-0.3, -0.25) is 4.79 Å². The Bertz CT molecular complexity index is 766. The van der Waals surface area contributed by atoms with Crippen LogP contribution in [0.4, 0.5) is 10.1 Å². The van der Waals surface area contributed by atoms with Crippen molar-refractivity contribution in [2.75, 3.05) is 12.4 Å². The van der Waals surface area contributed by atoms with Crippen molar-refractivity contribution in [3.05, 3.63) is 51.8 Å². The van der Waals surface area contributed by atoms with Crippen LogP contribution in [0.25, 0.3) is 0 Å². The highest BCUT2D eigenvalue weighted by Gasteiger charge is 2.21. The monoisotopic (exact) mass is 371 g/mol. The molecule has 1 N–H and O–H groups in total. The number of nitrogens with one attached hydrogen (secondary N) is 1. The van der Waals surface area contributed by atoms with Gasteiger partial charge in [-0.05, 0) is 32.0 Å². The zero-order valence-corrected chi connectivity index (χ0v) is 14.8. The molecule has 0 aromatic heterocycles. The molecule has 0 fully saturated rings. The Labute approximate surface area is 149 Å². The van der Waals surface area contributed by atoms with Gasteiger partial charge in [-0.15, -0.1) is 0 Å². The Kier molecular flexibility index (Phi) is 5.91. The number of methoxy groups -OCH3 is 1. The fourth-order valence-electron chi connectivity index (χ4n) is 2.06. The zero-order valence-electron chi connectivity index (χ0n) is 13.3. The molecule has 0 heterocycles. The summed E-state index contributed by atoms with van der Waals surface area (Å²) in [5.74, 6) is -0.827. The van der Waals surface area contributed by atoms with E-state index in [9.17, 15) is 9.18 Å². The molecule has 0 aliphatic rings. The molecule has 0 atom stereocenters. The van der Waals surface area contributed by atoms with Crippen LogP contribution >= 0.6 is 23.2 Å². The maximum Gasteiger partial charge on any atom is 0.259 e. The Morgan fingerprint density at radius 3 is 2.58 bits per heavy atom. The number of carbonyl (C=O) groups is 1. The van der Waals surface area contributed by atoms with E-state index in [4.69, 9.17) is 32.7 Å². The van der Waals surface area contributed by atoms with Crippen molar-refractivity contribution in [1.29, 1.82) is 0 Å². The minimum Gasteiger partial charge on any atom is -0.494 e. The molecule has 0 aliphatic carbocycles. The average molecular weight is 372 g/mol. The number of amides is 1. The molecule has 2 aromatic rings. The van der Waals surface area contributed by atoms with E-state index in [2.05, 4.69) is 5.32 Å². The van der Waals surface area contributed by atoms with Gasteiger partial charge >= 0.3 is 0 Å². The van der Waals surface area contributed by atoms with Crippen LogP contribution in [0.5, 0.6) is 11.5 Å². The third-order valence-electron chi connectivity index (χ3n) is 3.03. The first-order chi connectivity index (χ1) is 11.3. The Hall–Kier alpha value is -1.98. The van der Waals surface area contributed by atoms with Gasteiger partial charge in [0.2, 0.25) is 0 Å². The van der Waals surface area contributed by atoms with Crippen LogP contribution in [0.2, 0.25) is 10.0 Å². The topological polar surface area (TPSA) is 47.6 Å². The smallest absolute Gasteiger partial charge is 0.259 e. The Balaban J connectivity index is 2.31. The third-order valence-corrected chi connectivity index (χ3v) is 3.64. The lowest BCUT2D eigenvalue weighted by Gasteiger charge is -2.14. The Morgan fingerprint density at radius 2 is 1.96 bits per heavy atom. The first-order valence-electron chi connectivity index (χ1n) is 7.13. The number of benzene rings is 2. The fourth-order valence-corrected chi connectivity index (χ4v) is 2.60. The lowest BCUT2D eigenvalue weighted by molar-refractivity contribution is 0.102. The van der Waals surface area contributed by atoms with Gasteiger partial charge in [0.05, 0.1) is 23.8 Å². The molecule has 2 aromatic carbocycles. The minimum absolute atomic E-state index is 0.00533. The second-order valence-electron chi connectivity index (χ2n) is 5.22. The van der Waals surface area contributed by atoms with Crippen LogP contribution in [0.15, 0.2) is 30.3 Å². The van der Waals surface area contributed by atoms with E-state index in [1.165, 1.54) is 13.2 Å². The lowest BCUT2D eigenvalue weighted by atomic mass is 10.1. The van der Waals surface area contributed by atoms with Crippen molar-refractivity contribution in [2.45, 2.75) is 20.0 Å². The van der Waals surface area contributed by atoms with Gasteiger partial charge in [0, 0.05) is 11.8 Å². The van der Waals surface area contributed by atoms with Crippen LogP contribution in [0.1, 0.15) is 24.2 Å². The van der Waals surface area contributed by atoms with Gasteiger partial charge in [-0.25, -0.2) is 4.39 Å². The number of carbonyl (C=O) groups excluding carboxylic acids is 1. The second kappa shape index (κ2) is 7.73. The van der Waals surface area contributed by atoms with Crippen LogP contribution in [0, 0.1) is 5.82 Å². The molecule has 2 rings (SSSR count). The summed E-state index contributed by atoms with van der Waals surface area (Å²) in [5.41, 5.74) is 0.542. The largest absolute Gasteiger partial charge is 0.494 e. The number of ether oxygens (including phenoxy) is 2. The molecule has 0 unspecified atom stereocenters. The normalized spacial score (nSPS) is 10.6. The number of hydrogen-bond acceptors (Lipinski definition) is 3. The van der Waals surface area contributed by atoms with Crippen molar-refractivity contribution >= 4 is 34.8 Å². The van der Waals surface area contributed by atoms with E-state index in [-0.39, 0.29) is 27.5 Å². The molecule has 0 radical (unpaired) electrons. The van der Waals surface area contributed by atoms with Crippen molar-refractivity contribution < 1.29 is 18.7 Å². The highest BCUT2D eigenvalue weighted by molar-refractivity contribution is 6.36. The quantitative estimate of drug-likeness (QED) is 0.736. The van der Waals surface area contributed by atoms with Crippen LogP contribution in [0.3, 0.4) is 0 Å². The van der Waals surface area contributed by atoms with E-state index >= 15 is 0 Å². The van der Waals surface area contributed by atoms with Crippen molar-refractivity contribution in [3.63, 3.8) is 0 Å². The van der Waals surface area contributed by atoms with E-state index in [0.29, 0.717) is 11.4 Å². The van der Waals surface area contributed by atoms with Crippen molar-refractivity contribution in [2.24, 2.45) is 0 Å². The summed E-state index contributed by atoms with van der Waals surface area (Å²) in [4.78, 5) is 12.5. The number of halogens is 3. The van der Waals surface area contributed by atoms with Gasteiger partial charge in [-0.1, -0.05) is 29.3 Å². The SMILES string of the molecule is COc1c(C(=O)Nc2cccc(OC(C)C)c2)cc(Cl)c(F)c1Cl. The van der Waals surface area contributed by atoms with Gasteiger partial charge in [0.25, 0.3) is 5.91 Å². The number of rotatable bonds is 5. The average Bonchev–Trinajstić information content (AvgIpc) is 2.52. The first-order valence-corrected chi connectivity index (χ1v) is 7.88. The van der Waals surface area contributed by atoms with E-state index in [1.54, 1.807) is 24.3 Å². The molecule has 0 aliphatic heterocycles. The standard InChI is InChI=1S/C17H16Cl2FNO3/c1-9(2)24-11-6-4-5-10(7-11)21-17(22)12-8-13(18)15(20)14(19)16(12)23-3/h4-9H,1-3H3,(H,21,22). The highest BCUT2D eigenvalue weighted by Crippen LogP contribution is 2.36. The first kappa shape index (κ1) is 18.4. The Morgan fingerprint density at radius 1 is 1.25 bits per heavy atom. The fraction of sp³-hybridized carbons (Fsp3) is 0.235. The van der Waals surface area contributed by atoms with Crippen molar-refractivity contribution in [3.8, 4) is 11.5 Å². The van der Waals surface area contributed by atoms with Gasteiger partial charge in [-0.2, -0.15) is 0 Å². The predicted octanol–water partition coefficient (Wildman–Crippen LogP) is 5.18. The minimum atomic E-state index is -0.834. The molecule has 0 bridgehead atoms. The maximum absolute atomic E-state index is 13.7. The molecule has 0 saturated heterocycles. The summed E-state index contributed by atoms with van der Waals surface area (Å²) in [7, 11) is 1.29. The summed E-state index contributed by atoms with van der Waals surface area (Å²) in [6.07, 6.45) is 0.00533. The van der Waals surface area contributed by atoms with Gasteiger partial charge in [0.1, 0.15) is 10.8 Å². The van der Waals surface area contributed by atoms with Crippen LogP contribution in [-0.4, -0.2) is 19.1 Å². The predicted molar refractivity (Wildman–Crippen MR) is 93.1 cm³/mol. The summed E-state index contributed by atoms with van der Waals surface area (Å²) in [6, 6.07) is 8.07. The zero-order chi connectivity index (χ0) is 17.9. The molecule has 4 nitrogen and oxygen atoms in total. The summed E-state index contributed by atoms with van der Waals surface area (Å²) in [5, 5.41) is 2.08. The molecule has 24 heavy (non-hydrogen) atoms. The molecule has 0 saturated carbocycles. The molecular formula is C17H16Cl2FNO3. The molecule has 0 spiro atoms. The molecule has 7 heteroatoms. The maximum atomic E-state index is 13.7. The number of anilines is 1. The van der Waals surface area contributed by atoms with Crippen LogP contribution in [-0.2, 0) is 0 Å². The lowest BCUT2D eigenvalue weighted by Crippen LogP contribution is -2.14. The summed E-state index contributed by atoms with van der Waals surface area (Å²) < 4.78 is 24.3. The van der Waals surface area contributed by atoms with E-state index in [1.807, 2.05) is 13.8 Å². The van der Waals surface area contributed by atoms with Crippen LogP contribution < -0.4 is 14.8 Å². The summed E-state index contributed by atoms with van der Waals surface area (Å²) >= 11 is 11.6. The molecular weight excluding hydrogens is 356 g/mol. The molecule has 128 valence electrons. The van der Waals surface area contributed by atoms with Crippen molar-refractivity contribution in [1.82, 2.24) is 0 Å². The summed E-state index contributed by atoms with van der Waals surface area (Å²) in [6.45, 7) is 3.80. The second-order valence-corrected chi connectivity index (χ2v) is 6.00. The van der Waals surface area contributed by atoms with Gasteiger partial charge in [0.15, 0.2) is 11.6 Å². The molecule has 1 amide bonds.